The number of carbonyl (C=O) groups excluding carboxylic acids is 1. The summed E-state index contributed by atoms with van der Waals surface area (Å²) in [7, 11) is 0. The maximum absolute atomic E-state index is 10.9. The van der Waals surface area contributed by atoms with E-state index in [4.69, 9.17) is 15.2 Å². The minimum absolute atomic E-state index is 0.611. The predicted octanol–water partition coefficient (Wildman–Crippen LogP) is 0.886. The number of ether oxygens (including phenoxy) is 2. The number of rotatable bonds is 1. The lowest BCUT2D eigenvalue weighted by Crippen LogP contribution is -2.35. The molecule has 0 atom stereocenters. The van der Waals surface area contributed by atoms with E-state index < -0.39 is 12.2 Å². The molecular weight excluding hydrogens is 182 g/mol. The summed E-state index contributed by atoms with van der Waals surface area (Å²) in [5.41, 5.74) is 6.97. The highest BCUT2D eigenvalue weighted by Gasteiger charge is 2.31. The molecule has 4 heteroatoms. The first-order valence-electron chi connectivity index (χ1n) is 4.32. The van der Waals surface area contributed by atoms with E-state index in [0.29, 0.717) is 11.5 Å². The number of benzene rings is 1. The van der Waals surface area contributed by atoms with Crippen LogP contribution in [0.5, 0.6) is 11.5 Å². The minimum Gasteiger partial charge on any atom is -0.442 e. The summed E-state index contributed by atoms with van der Waals surface area (Å²) in [6.07, 6.45) is -0.982. The molecule has 1 aromatic rings. The zero-order chi connectivity index (χ0) is 10.3. The lowest BCUT2D eigenvalue weighted by molar-refractivity contribution is -0.133. The van der Waals surface area contributed by atoms with E-state index in [2.05, 4.69) is 0 Å². The molecule has 14 heavy (non-hydrogen) atoms. The van der Waals surface area contributed by atoms with Crippen molar-refractivity contribution in [1.82, 2.24) is 0 Å². The monoisotopic (exact) mass is 193 g/mol. The fourth-order valence-electron chi connectivity index (χ4n) is 1.41. The summed E-state index contributed by atoms with van der Waals surface area (Å²) >= 11 is 0. The molecule has 1 aliphatic heterocycles. The molecule has 0 spiro atoms. The molecule has 1 amide bonds. The zero-order valence-corrected chi connectivity index (χ0v) is 8.03. The summed E-state index contributed by atoms with van der Waals surface area (Å²) in [4.78, 5) is 10.9. The largest absolute Gasteiger partial charge is 0.442 e. The van der Waals surface area contributed by atoms with Gasteiger partial charge in [0, 0.05) is 0 Å². The molecule has 1 aliphatic rings. The predicted molar refractivity (Wildman–Crippen MR) is 50.2 cm³/mol. The normalized spacial score (nSPS) is 14.4. The van der Waals surface area contributed by atoms with Crippen LogP contribution in [0.1, 0.15) is 11.1 Å². The molecule has 2 N–H and O–H groups in total. The van der Waals surface area contributed by atoms with Crippen LogP contribution in [0.25, 0.3) is 0 Å². The molecular formula is C10H11NO3. The molecule has 1 aromatic carbocycles. The van der Waals surface area contributed by atoms with Gasteiger partial charge in [-0.2, -0.15) is 0 Å². The highest BCUT2D eigenvalue weighted by Crippen LogP contribution is 2.40. The van der Waals surface area contributed by atoms with E-state index in [1.807, 2.05) is 26.0 Å². The van der Waals surface area contributed by atoms with Crippen molar-refractivity contribution in [2.75, 3.05) is 0 Å². The highest BCUT2D eigenvalue weighted by atomic mass is 16.7. The van der Waals surface area contributed by atoms with Crippen molar-refractivity contribution in [2.45, 2.75) is 20.1 Å². The van der Waals surface area contributed by atoms with E-state index in [1.165, 1.54) is 0 Å². The number of aryl methyl sites for hydroxylation is 2. The number of nitrogens with two attached hydrogens (primary N) is 1. The Morgan fingerprint density at radius 2 is 1.64 bits per heavy atom. The van der Waals surface area contributed by atoms with Gasteiger partial charge < -0.3 is 15.2 Å². The van der Waals surface area contributed by atoms with Gasteiger partial charge in [-0.15, -0.1) is 0 Å². The number of hydrogen-bond acceptors (Lipinski definition) is 3. The first-order chi connectivity index (χ1) is 6.59. The van der Waals surface area contributed by atoms with Crippen molar-refractivity contribution in [1.29, 1.82) is 0 Å². The van der Waals surface area contributed by atoms with Gasteiger partial charge in [0.15, 0.2) is 11.5 Å². The third kappa shape index (κ3) is 1.19. The van der Waals surface area contributed by atoms with Gasteiger partial charge >= 0.3 is 6.29 Å². The maximum atomic E-state index is 10.9. The average Bonchev–Trinajstić information content (AvgIpc) is 2.57. The molecule has 2 rings (SSSR count). The second-order valence-corrected chi connectivity index (χ2v) is 3.33. The van der Waals surface area contributed by atoms with Crippen molar-refractivity contribution in [3.63, 3.8) is 0 Å². The zero-order valence-electron chi connectivity index (χ0n) is 8.03. The second kappa shape index (κ2) is 2.90. The van der Waals surface area contributed by atoms with Crippen molar-refractivity contribution in [3.8, 4) is 11.5 Å². The summed E-state index contributed by atoms with van der Waals surface area (Å²) in [6.45, 7) is 3.79. The fraction of sp³-hybridized carbons (Fsp3) is 0.300. The summed E-state index contributed by atoms with van der Waals surface area (Å²) in [6, 6.07) is 3.84. The Balaban J connectivity index is 2.43. The fourth-order valence-corrected chi connectivity index (χ4v) is 1.41. The van der Waals surface area contributed by atoms with Crippen molar-refractivity contribution < 1.29 is 14.3 Å². The van der Waals surface area contributed by atoms with Crippen molar-refractivity contribution in [2.24, 2.45) is 5.73 Å². The third-order valence-electron chi connectivity index (χ3n) is 2.19. The van der Waals surface area contributed by atoms with Gasteiger partial charge in [-0.05, 0) is 25.0 Å². The van der Waals surface area contributed by atoms with Crippen LogP contribution >= 0.6 is 0 Å². The van der Waals surface area contributed by atoms with Gasteiger partial charge in [0.1, 0.15) is 0 Å². The molecule has 0 bridgehead atoms. The van der Waals surface area contributed by atoms with Crippen LogP contribution in [-0.4, -0.2) is 12.2 Å². The summed E-state index contributed by atoms with van der Waals surface area (Å²) < 4.78 is 10.6. The Labute approximate surface area is 81.6 Å². The van der Waals surface area contributed by atoms with E-state index >= 15 is 0 Å². The summed E-state index contributed by atoms with van der Waals surface area (Å²) in [5.74, 6) is 0.627. The molecule has 1 heterocycles. The molecule has 0 saturated carbocycles. The molecule has 0 aliphatic carbocycles. The SMILES string of the molecule is Cc1ccc(C)c2c1OC(C(N)=O)O2. The molecule has 4 nitrogen and oxygen atoms in total. The van der Waals surface area contributed by atoms with Crippen LogP contribution < -0.4 is 15.2 Å². The first-order valence-corrected chi connectivity index (χ1v) is 4.32. The van der Waals surface area contributed by atoms with Crippen LogP contribution in [-0.2, 0) is 4.79 Å². The van der Waals surface area contributed by atoms with Crippen LogP contribution in [0.2, 0.25) is 0 Å². The Bertz CT molecular complexity index is 370. The lowest BCUT2D eigenvalue weighted by atomic mass is 10.1. The maximum Gasteiger partial charge on any atom is 0.321 e. The van der Waals surface area contributed by atoms with E-state index in [0.717, 1.165) is 11.1 Å². The first kappa shape index (κ1) is 8.87. The number of hydrogen-bond donors (Lipinski definition) is 1. The van der Waals surface area contributed by atoms with Crippen molar-refractivity contribution in [3.05, 3.63) is 23.3 Å². The van der Waals surface area contributed by atoms with Gasteiger partial charge in [0.25, 0.3) is 5.91 Å². The Morgan fingerprint density at radius 1 is 1.21 bits per heavy atom. The highest BCUT2D eigenvalue weighted by molar-refractivity contribution is 5.79. The van der Waals surface area contributed by atoms with Crippen LogP contribution in [0.15, 0.2) is 12.1 Å². The van der Waals surface area contributed by atoms with E-state index in [9.17, 15) is 4.79 Å². The third-order valence-corrected chi connectivity index (χ3v) is 2.19. The van der Waals surface area contributed by atoms with E-state index in [1.54, 1.807) is 0 Å². The van der Waals surface area contributed by atoms with Gasteiger partial charge in [0.2, 0.25) is 0 Å². The average molecular weight is 193 g/mol. The minimum atomic E-state index is -0.982. The second-order valence-electron chi connectivity index (χ2n) is 3.33. The summed E-state index contributed by atoms with van der Waals surface area (Å²) in [5, 5.41) is 0. The Hall–Kier alpha value is -1.71. The van der Waals surface area contributed by atoms with Crippen molar-refractivity contribution >= 4 is 5.91 Å². The lowest BCUT2D eigenvalue weighted by Gasteiger charge is -2.04. The Kier molecular flexibility index (Phi) is 1.84. The van der Waals surface area contributed by atoms with Crippen LogP contribution in [0.3, 0.4) is 0 Å². The van der Waals surface area contributed by atoms with Gasteiger partial charge in [0.05, 0.1) is 0 Å². The van der Waals surface area contributed by atoms with Crippen LogP contribution in [0, 0.1) is 13.8 Å². The number of fused-ring (bicyclic) bond motifs is 1. The smallest absolute Gasteiger partial charge is 0.321 e. The number of primary amides is 1. The van der Waals surface area contributed by atoms with Gasteiger partial charge in [-0.3, -0.25) is 4.79 Å². The molecule has 0 unspecified atom stereocenters. The number of amides is 1. The van der Waals surface area contributed by atoms with E-state index in [-0.39, 0.29) is 0 Å². The molecule has 0 saturated heterocycles. The standard InChI is InChI=1S/C10H11NO3/c1-5-3-4-6(2)8-7(5)13-10(14-8)9(11)12/h3-4,10H,1-2H3,(H2,11,12). The molecule has 0 aromatic heterocycles. The Morgan fingerprint density at radius 3 is 2.00 bits per heavy atom. The topological polar surface area (TPSA) is 61.5 Å². The molecule has 74 valence electrons. The molecule has 0 radical (unpaired) electrons. The van der Waals surface area contributed by atoms with Gasteiger partial charge in [-0.1, -0.05) is 12.1 Å². The van der Waals surface area contributed by atoms with Crippen LogP contribution in [0.4, 0.5) is 0 Å². The molecule has 0 fully saturated rings. The van der Waals surface area contributed by atoms with Gasteiger partial charge in [-0.25, -0.2) is 0 Å². The number of carbonyl (C=O) groups is 1. The quantitative estimate of drug-likeness (QED) is 0.720.